The zero-order valence-corrected chi connectivity index (χ0v) is 15.2. The lowest BCUT2D eigenvalue weighted by Crippen LogP contribution is -2.48. The van der Waals surface area contributed by atoms with Crippen LogP contribution in [0.15, 0.2) is 48.5 Å². The van der Waals surface area contributed by atoms with Crippen molar-refractivity contribution < 1.29 is 9.53 Å². The van der Waals surface area contributed by atoms with Crippen LogP contribution in [0.4, 0.5) is 5.69 Å². The molecule has 2 aromatic carbocycles. The minimum atomic E-state index is -0.799. The number of nitrogens with one attached hydrogen (secondary N) is 2. The lowest BCUT2D eigenvalue weighted by atomic mass is 9.98. The van der Waals surface area contributed by atoms with E-state index < -0.39 is 5.54 Å². The van der Waals surface area contributed by atoms with Crippen LogP contribution in [0.3, 0.4) is 0 Å². The maximum atomic E-state index is 12.3. The van der Waals surface area contributed by atoms with E-state index in [-0.39, 0.29) is 18.4 Å². The van der Waals surface area contributed by atoms with Crippen molar-refractivity contribution >= 4 is 23.2 Å². The second-order valence-corrected chi connectivity index (χ2v) is 6.93. The normalized spacial score (nSPS) is 15.4. The first kappa shape index (κ1) is 18.1. The number of nitrogens with zero attached hydrogens (tertiary/aromatic N) is 1. The van der Waals surface area contributed by atoms with Gasteiger partial charge in [-0.15, -0.1) is 0 Å². The number of anilines is 1. The Balaban J connectivity index is 1.64. The summed E-state index contributed by atoms with van der Waals surface area (Å²) in [6, 6.07) is 16.7. The summed E-state index contributed by atoms with van der Waals surface area (Å²) in [6.45, 7) is 1.82. The van der Waals surface area contributed by atoms with Crippen LogP contribution in [0.1, 0.15) is 19.8 Å². The largest absolute Gasteiger partial charge is 0.454 e. The fraction of sp³-hybridized carbons (Fsp3) is 0.300. The monoisotopic (exact) mass is 369 g/mol. The summed E-state index contributed by atoms with van der Waals surface area (Å²) >= 11 is 6.14. The van der Waals surface area contributed by atoms with E-state index in [9.17, 15) is 10.1 Å². The summed E-state index contributed by atoms with van der Waals surface area (Å²) in [5, 5.41) is 15.8. The fourth-order valence-corrected chi connectivity index (χ4v) is 2.91. The Bertz CT molecular complexity index is 845. The molecule has 3 rings (SSSR count). The van der Waals surface area contributed by atoms with Crippen LogP contribution in [-0.4, -0.2) is 18.0 Å². The molecular weight excluding hydrogens is 350 g/mol. The van der Waals surface area contributed by atoms with Crippen molar-refractivity contribution in [3.63, 3.8) is 0 Å². The maximum absolute atomic E-state index is 12.3. The Hall–Kier alpha value is -2.71. The molecule has 1 aliphatic rings. The molecule has 1 amide bonds. The highest BCUT2D eigenvalue weighted by Gasteiger charge is 2.42. The number of halogens is 1. The molecule has 0 heterocycles. The highest BCUT2D eigenvalue weighted by atomic mass is 35.5. The molecule has 0 aliphatic heterocycles. The number of nitriles is 1. The average Bonchev–Trinajstić information content (AvgIpc) is 3.48. The molecule has 0 saturated heterocycles. The number of carbonyl (C=O) groups is 1. The molecule has 1 saturated carbocycles. The van der Waals surface area contributed by atoms with Gasteiger partial charge in [0.05, 0.1) is 23.3 Å². The van der Waals surface area contributed by atoms with Gasteiger partial charge in [-0.1, -0.05) is 35.9 Å². The number of ether oxygens (including phenoxy) is 1. The summed E-state index contributed by atoms with van der Waals surface area (Å²) in [6.07, 6.45) is 1.96. The van der Waals surface area contributed by atoms with E-state index in [4.69, 9.17) is 16.3 Å². The molecule has 5 nitrogen and oxygen atoms in total. The molecule has 26 heavy (non-hydrogen) atoms. The van der Waals surface area contributed by atoms with Gasteiger partial charge in [0.1, 0.15) is 11.3 Å². The molecule has 134 valence electrons. The van der Waals surface area contributed by atoms with Crippen molar-refractivity contribution in [1.82, 2.24) is 5.32 Å². The molecule has 0 spiro atoms. The quantitative estimate of drug-likeness (QED) is 0.760. The van der Waals surface area contributed by atoms with Crippen molar-refractivity contribution in [1.29, 1.82) is 5.26 Å². The minimum Gasteiger partial charge on any atom is -0.454 e. The van der Waals surface area contributed by atoms with Crippen LogP contribution in [-0.2, 0) is 4.79 Å². The third kappa shape index (κ3) is 4.27. The van der Waals surface area contributed by atoms with Gasteiger partial charge in [0.25, 0.3) is 0 Å². The molecule has 1 aliphatic carbocycles. The highest BCUT2D eigenvalue weighted by molar-refractivity contribution is 6.32. The average molecular weight is 370 g/mol. The lowest BCUT2D eigenvalue weighted by Gasteiger charge is -2.23. The van der Waals surface area contributed by atoms with E-state index in [1.165, 1.54) is 0 Å². The second-order valence-electron chi connectivity index (χ2n) is 6.52. The summed E-state index contributed by atoms with van der Waals surface area (Å²) in [7, 11) is 0. The summed E-state index contributed by atoms with van der Waals surface area (Å²) < 4.78 is 5.86. The lowest BCUT2D eigenvalue weighted by molar-refractivity contribution is -0.120. The van der Waals surface area contributed by atoms with E-state index in [1.54, 1.807) is 25.1 Å². The van der Waals surface area contributed by atoms with Gasteiger partial charge in [0.2, 0.25) is 5.91 Å². The second kappa shape index (κ2) is 7.67. The smallest absolute Gasteiger partial charge is 0.240 e. The highest BCUT2D eigenvalue weighted by Crippen LogP contribution is 2.39. The topological polar surface area (TPSA) is 74.2 Å². The van der Waals surface area contributed by atoms with E-state index in [1.807, 2.05) is 30.3 Å². The van der Waals surface area contributed by atoms with E-state index in [0.717, 1.165) is 12.8 Å². The van der Waals surface area contributed by atoms with Crippen LogP contribution < -0.4 is 15.4 Å². The van der Waals surface area contributed by atoms with Crippen LogP contribution in [0.2, 0.25) is 5.02 Å². The molecule has 2 N–H and O–H groups in total. The van der Waals surface area contributed by atoms with Gasteiger partial charge >= 0.3 is 0 Å². The molecule has 2 aromatic rings. The number of para-hydroxylation sites is 3. The minimum absolute atomic E-state index is 0.0485. The van der Waals surface area contributed by atoms with Crippen LogP contribution in [0, 0.1) is 17.2 Å². The van der Waals surface area contributed by atoms with E-state index in [2.05, 4.69) is 16.7 Å². The number of hydrogen-bond acceptors (Lipinski definition) is 4. The number of rotatable bonds is 7. The van der Waals surface area contributed by atoms with Crippen molar-refractivity contribution in [2.75, 3.05) is 11.9 Å². The molecule has 0 radical (unpaired) electrons. The first-order valence-corrected chi connectivity index (χ1v) is 8.87. The number of hydrogen-bond donors (Lipinski definition) is 2. The van der Waals surface area contributed by atoms with Crippen molar-refractivity contribution in [2.45, 2.75) is 25.3 Å². The number of amides is 1. The maximum Gasteiger partial charge on any atom is 0.240 e. The van der Waals surface area contributed by atoms with Gasteiger partial charge in [-0.2, -0.15) is 5.26 Å². The van der Waals surface area contributed by atoms with Gasteiger partial charge < -0.3 is 15.4 Å². The summed E-state index contributed by atoms with van der Waals surface area (Å²) in [5.41, 5.74) is -0.126. The third-order valence-corrected chi connectivity index (χ3v) is 4.72. The Morgan fingerprint density at radius 1 is 1.23 bits per heavy atom. The first-order chi connectivity index (χ1) is 12.5. The number of benzene rings is 2. The standard InChI is InChI=1S/C20H20ClN3O2/c1-20(13-22,14-10-11-14)24-19(25)12-23-16-7-3-5-9-18(16)26-17-8-4-2-6-15(17)21/h2-9,14,23H,10-12H2,1H3,(H,24,25). The SMILES string of the molecule is CC(C#N)(NC(=O)CNc1ccccc1Oc1ccccc1Cl)C1CC1. The van der Waals surface area contributed by atoms with E-state index >= 15 is 0 Å². The predicted molar refractivity (Wildman–Crippen MR) is 101 cm³/mol. The van der Waals surface area contributed by atoms with Crippen LogP contribution in [0.5, 0.6) is 11.5 Å². The Labute approximate surface area is 157 Å². The zero-order valence-electron chi connectivity index (χ0n) is 14.5. The molecule has 6 heteroatoms. The van der Waals surface area contributed by atoms with Crippen LogP contribution in [0.25, 0.3) is 0 Å². The van der Waals surface area contributed by atoms with Crippen molar-refractivity contribution in [3.8, 4) is 17.6 Å². The molecule has 1 fully saturated rings. The van der Waals surface area contributed by atoms with Crippen molar-refractivity contribution in [2.24, 2.45) is 5.92 Å². The van der Waals surface area contributed by atoms with Crippen molar-refractivity contribution in [3.05, 3.63) is 53.6 Å². The summed E-state index contributed by atoms with van der Waals surface area (Å²) in [4.78, 5) is 12.3. The molecule has 0 aromatic heterocycles. The Morgan fingerprint density at radius 3 is 2.54 bits per heavy atom. The molecule has 1 atom stereocenters. The molecule has 1 unspecified atom stereocenters. The van der Waals surface area contributed by atoms with E-state index in [0.29, 0.717) is 22.2 Å². The predicted octanol–water partition coefficient (Wildman–Crippen LogP) is 4.35. The third-order valence-electron chi connectivity index (χ3n) is 4.41. The van der Waals surface area contributed by atoms with Gasteiger partial charge in [-0.3, -0.25) is 4.79 Å². The first-order valence-electron chi connectivity index (χ1n) is 8.49. The van der Waals surface area contributed by atoms with Gasteiger partial charge in [-0.25, -0.2) is 0 Å². The fourth-order valence-electron chi connectivity index (χ4n) is 2.74. The zero-order chi connectivity index (χ0) is 18.6. The summed E-state index contributed by atoms with van der Waals surface area (Å²) in [5.74, 6) is 1.12. The number of carbonyl (C=O) groups excluding carboxylic acids is 1. The van der Waals surface area contributed by atoms with Gasteiger partial charge in [-0.05, 0) is 49.9 Å². The Kier molecular flexibility index (Phi) is 5.34. The Morgan fingerprint density at radius 2 is 1.88 bits per heavy atom. The van der Waals surface area contributed by atoms with Crippen LogP contribution >= 0.6 is 11.6 Å². The molecular formula is C20H20ClN3O2. The van der Waals surface area contributed by atoms with Gasteiger partial charge in [0.15, 0.2) is 5.75 Å². The van der Waals surface area contributed by atoms with Gasteiger partial charge in [0, 0.05) is 0 Å². The molecule has 0 bridgehead atoms.